The summed E-state index contributed by atoms with van der Waals surface area (Å²) in [5, 5.41) is 27.4. The highest BCUT2D eigenvalue weighted by atomic mass is 16.3. The number of aromatic hydroxyl groups is 1. The molecule has 0 spiro atoms. The number of Topliss-reactive ketones (excluding diaryl/α,β-unsaturated/α-hetero) is 4. The van der Waals surface area contributed by atoms with Gasteiger partial charge in [-0.2, -0.15) is 0 Å². The Hall–Kier alpha value is -3.67. The molecule has 5 N–H and O–H groups in total. The van der Waals surface area contributed by atoms with Crippen LogP contribution in [0.15, 0.2) is 18.2 Å². The van der Waals surface area contributed by atoms with Gasteiger partial charge in [-0.05, 0) is 57.1 Å². The van der Waals surface area contributed by atoms with Crippen LogP contribution in [0, 0.1) is 23.7 Å². The van der Waals surface area contributed by atoms with Crippen LogP contribution >= 0.6 is 0 Å². The zero-order valence-corrected chi connectivity index (χ0v) is 23.1. The quantitative estimate of drug-likeness (QED) is 0.366. The zero-order chi connectivity index (χ0) is 29.4. The molecular weight excluding hydrogens is 516 g/mol. The SMILES string of the molecule is CNCc1ccc2c(N(C)C)c3c(c(O)c2c1)C(=O)C1C(=O)C2(O)C(=O)C(C(N)=O)C(=O)C(N(C)C)C2CC1C3. The van der Waals surface area contributed by atoms with Crippen molar-refractivity contribution in [1.29, 1.82) is 0 Å². The number of nitrogens with one attached hydrogen (secondary N) is 1. The zero-order valence-electron chi connectivity index (χ0n) is 23.1. The second-order valence-electron chi connectivity index (χ2n) is 11.6. The van der Waals surface area contributed by atoms with Gasteiger partial charge in [-0.25, -0.2) is 0 Å². The van der Waals surface area contributed by atoms with Crippen LogP contribution in [-0.4, -0.2) is 91.0 Å². The van der Waals surface area contributed by atoms with E-state index in [9.17, 15) is 34.2 Å². The van der Waals surface area contributed by atoms with Gasteiger partial charge in [0.25, 0.3) is 0 Å². The van der Waals surface area contributed by atoms with Crippen molar-refractivity contribution in [2.24, 2.45) is 29.4 Å². The fourth-order valence-electron chi connectivity index (χ4n) is 7.32. The van der Waals surface area contributed by atoms with Crippen molar-refractivity contribution >= 4 is 45.5 Å². The van der Waals surface area contributed by atoms with Gasteiger partial charge < -0.3 is 26.2 Å². The maximum absolute atomic E-state index is 14.1. The molecule has 2 fully saturated rings. The highest BCUT2D eigenvalue weighted by molar-refractivity contribution is 6.32. The summed E-state index contributed by atoms with van der Waals surface area (Å²) in [5.41, 5.74) is 4.81. The number of anilines is 1. The maximum Gasteiger partial charge on any atom is 0.235 e. The summed E-state index contributed by atoms with van der Waals surface area (Å²) in [7, 11) is 8.58. The number of carbonyl (C=O) groups is 5. The van der Waals surface area contributed by atoms with Gasteiger partial charge in [0, 0.05) is 43.0 Å². The van der Waals surface area contributed by atoms with Crippen LogP contribution in [0.25, 0.3) is 10.8 Å². The number of nitrogens with zero attached hydrogens (tertiary/aromatic N) is 2. The minimum atomic E-state index is -2.74. The molecule has 2 aromatic carbocycles. The molecule has 0 bridgehead atoms. The van der Waals surface area contributed by atoms with Gasteiger partial charge in [0.05, 0.1) is 17.5 Å². The standard InChI is InChI=1S/C29H34N4O7/c1-31-11-12-6-7-14-15(8-12)23(34)19-16(21(14)32(2)3)9-13-10-17-22(33(4)5)25(36)20(28(30)39)27(38)29(17,40)26(37)18(13)24(19)35/h6-8,13,17-18,20,22,31,34,40H,9-11H2,1-5H3,(H2,30,39). The third kappa shape index (κ3) is 3.64. The highest BCUT2D eigenvalue weighted by Crippen LogP contribution is 2.53. The van der Waals surface area contributed by atoms with Crippen LogP contribution in [0.5, 0.6) is 5.75 Å². The Morgan fingerprint density at radius 2 is 1.77 bits per heavy atom. The van der Waals surface area contributed by atoms with E-state index in [4.69, 9.17) is 5.73 Å². The van der Waals surface area contributed by atoms with Crippen molar-refractivity contribution in [3.05, 3.63) is 34.9 Å². The second kappa shape index (κ2) is 9.46. The Bertz CT molecular complexity index is 1500. The number of phenolic OH excluding ortho intramolecular Hbond substituents is 1. The third-order valence-electron chi connectivity index (χ3n) is 8.90. The molecule has 2 aromatic rings. The largest absolute Gasteiger partial charge is 0.507 e. The van der Waals surface area contributed by atoms with Crippen LogP contribution in [0.1, 0.15) is 27.9 Å². The number of benzene rings is 2. The number of hydrogen-bond donors (Lipinski definition) is 4. The predicted octanol–water partition coefficient (Wildman–Crippen LogP) is -0.194. The summed E-state index contributed by atoms with van der Waals surface area (Å²) in [6, 6.07) is 4.48. The van der Waals surface area contributed by atoms with Crippen LogP contribution in [0.2, 0.25) is 0 Å². The lowest BCUT2D eigenvalue weighted by atomic mass is 9.52. The minimum Gasteiger partial charge on any atom is -0.507 e. The molecule has 11 nitrogen and oxygen atoms in total. The normalized spacial score (nSPS) is 29.8. The predicted molar refractivity (Wildman–Crippen MR) is 146 cm³/mol. The summed E-state index contributed by atoms with van der Waals surface area (Å²) in [4.78, 5) is 70.4. The van der Waals surface area contributed by atoms with Crippen molar-refractivity contribution < 1.29 is 34.2 Å². The van der Waals surface area contributed by atoms with Gasteiger partial charge in [0.1, 0.15) is 5.75 Å². The molecule has 6 unspecified atom stereocenters. The van der Waals surface area contributed by atoms with Gasteiger partial charge in [0.15, 0.2) is 34.7 Å². The number of likely N-dealkylation sites (N-methyl/N-ethyl adjacent to an activating group) is 1. The van der Waals surface area contributed by atoms with Crippen LogP contribution in [0.4, 0.5) is 5.69 Å². The first-order chi connectivity index (χ1) is 18.8. The first-order valence-corrected chi connectivity index (χ1v) is 13.2. The van der Waals surface area contributed by atoms with Gasteiger partial charge in [-0.15, -0.1) is 0 Å². The van der Waals surface area contributed by atoms with E-state index in [1.54, 1.807) is 27.2 Å². The van der Waals surface area contributed by atoms with E-state index >= 15 is 0 Å². The molecule has 212 valence electrons. The van der Waals surface area contributed by atoms with Crippen molar-refractivity contribution in [3.8, 4) is 5.75 Å². The van der Waals surface area contributed by atoms with E-state index in [1.165, 1.54) is 4.90 Å². The lowest BCUT2D eigenvalue weighted by molar-refractivity contribution is -0.181. The second-order valence-corrected chi connectivity index (χ2v) is 11.6. The van der Waals surface area contributed by atoms with E-state index in [2.05, 4.69) is 5.32 Å². The maximum atomic E-state index is 14.1. The van der Waals surface area contributed by atoms with Crippen LogP contribution < -0.4 is 16.0 Å². The molecule has 6 atom stereocenters. The van der Waals surface area contributed by atoms with E-state index in [1.807, 2.05) is 31.1 Å². The summed E-state index contributed by atoms with van der Waals surface area (Å²) in [5.74, 6) is -10.5. The summed E-state index contributed by atoms with van der Waals surface area (Å²) >= 11 is 0. The summed E-state index contributed by atoms with van der Waals surface area (Å²) < 4.78 is 0. The fraction of sp³-hybridized carbons (Fsp3) is 0.483. The van der Waals surface area contributed by atoms with E-state index in [-0.39, 0.29) is 24.2 Å². The van der Waals surface area contributed by atoms with Crippen molar-refractivity contribution in [2.45, 2.75) is 31.0 Å². The van der Waals surface area contributed by atoms with Crippen molar-refractivity contribution in [2.75, 3.05) is 40.1 Å². The molecule has 0 radical (unpaired) electrons. The molecule has 11 heteroatoms. The Balaban J connectivity index is 1.72. The first-order valence-electron chi connectivity index (χ1n) is 13.2. The number of aliphatic hydroxyl groups is 1. The molecule has 0 saturated heterocycles. The van der Waals surface area contributed by atoms with Crippen LogP contribution in [0.3, 0.4) is 0 Å². The molecule has 0 aromatic heterocycles. The van der Waals surface area contributed by atoms with Gasteiger partial charge in [-0.3, -0.25) is 28.9 Å². The monoisotopic (exact) mass is 550 g/mol. The number of ketones is 4. The summed E-state index contributed by atoms with van der Waals surface area (Å²) in [6.45, 7) is 0.532. The Kier molecular flexibility index (Phi) is 6.60. The summed E-state index contributed by atoms with van der Waals surface area (Å²) in [6.07, 6.45) is 0.220. The van der Waals surface area contributed by atoms with Gasteiger partial charge >= 0.3 is 0 Å². The molecule has 3 aliphatic carbocycles. The average molecular weight is 551 g/mol. The number of fused-ring (bicyclic) bond motifs is 4. The molecule has 40 heavy (non-hydrogen) atoms. The third-order valence-corrected chi connectivity index (χ3v) is 8.90. The number of phenols is 1. The minimum absolute atomic E-state index is 0.00981. The molecule has 1 amide bonds. The van der Waals surface area contributed by atoms with Gasteiger partial charge in [-0.1, -0.05) is 12.1 Å². The molecule has 3 aliphatic rings. The number of amides is 1. The molecule has 0 aliphatic heterocycles. The van der Waals surface area contributed by atoms with E-state index in [0.29, 0.717) is 17.5 Å². The number of nitrogens with two attached hydrogens (primary N) is 1. The Labute approximate surface area is 231 Å². The van der Waals surface area contributed by atoms with Crippen LogP contribution in [-0.2, 0) is 32.1 Å². The van der Waals surface area contributed by atoms with Gasteiger partial charge in [0.2, 0.25) is 5.91 Å². The number of rotatable bonds is 5. The topological polar surface area (TPSA) is 170 Å². The number of carbonyl (C=O) groups excluding carboxylic acids is 5. The Morgan fingerprint density at radius 1 is 1.10 bits per heavy atom. The van der Waals surface area contributed by atoms with E-state index < -0.39 is 64.4 Å². The highest BCUT2D eigenvalue weighted by Gasteiger charge is 2.69. The number of hydrogen-bond acceptors (Lipinski definition) is 10. The van der Waals surface area contributed by atoms with Crippen molar-refractivity contribution in [1.82, 2.24) is 10.2 Å². The fourth-order valence-corrected chi connectivity index (χ4v) is 7.32. The lowest BCUT2D eigenvalue weighted by Crippen LogP contribution is -2.74. The molecular formula is C29H34N4O7. The first kappa shape index (κ1) is 27.9. The lowest BCUT2D eigenvalue weighted by Gasteiger charge is -2.52. The molecule has 5 rings (SSSR count). The molecule has 0 heterocycles. The van der Waals surface area contributed by atoms with E-state index in [0.717, 1.165) is 16.6 Å². The Morgan fingerprint density at radius 3 is 2.35 bits per heavy atom. The molecule has 2 saturated carbocycles. The number of primary amides is 1. The smallest absolute Gasteiger partial charge is 0.235 e. The van der Waals surface area contributed by atoms with Crippen molar-refractivity contribution in [3.63, 3.8) is 0 Å². The average Bonchev–Trinajstić information content (AvgIpc) is 2.86.